The molecular weight excluding hydrogens is 373 g/mol. The number of hydrogen-bond donors (Lipinski definition) is 1. The number of ether oxygens (including phenoxy) is 1. The summed E-state index contributed by atoms with van der Waals surface area (Å²) in [5.41, 5.74) is 1.69. The van der Waals surface area contributed by atoms with Crippen molar-refractivity contribution in [3.63, 3.8) is 0 Å². The van der Waals surface area contributed by atoms with Crippen molar-refractivity contribution in [1.82, 2.24) is 9.55 Å². The first kappa shape index (κ1) is 20.3. The van der Waals surface area contributed by atoms with Gasteiger partial charge in [0.15, 0.2) is 0 Å². The van der Waals surface area contributed by atoms with Gasteiger partial charge in [0, 0.05) is 36.9 Å². The van der Waals surface area contributed by atoms with Crippen LogP contribution in [-0.2, 0) is 16.0 Å². The number of aryl methyl sites for hydroxylation is 1. The summed E-state index contributed by atoms with van der Waals surface area (Å²) in [5, 5.41) is 3.30. The van der Waals surface area contributed by atoms with Crippen LogP contribution >= 0.6 is 0 Å². The molecule has 0 amide bonds. The van der Waals surface area contributed by atoms with Crippen molar-refractivity contribution in [3.05, 3.63) is 70.0 Å². The molecule has 150 valence electrons. The van der Waals surface area contributed by atoms with E-state index in [1.807, 2.05) is 38.2 Å². The molecule has 0 atom stereocenters. The van der Waals surface area contributed by atoms with Gasteiger partial charge in [-0.25, -0.2) is 14.2 Å². The van der Waals surface area contributed by atoms with Crippen molar-refractivity contribution >= 4 is 28.6 Å². The summed E-state index contributed by atoms with van der Waals surface area (Å²) in [6, 6.07) is 10.0. The van der Waals surface area contributed by atoms with E-state index in [9.17, 15) is 14.0 Å². The molecular formula is C22H22FN3O3. The lowest BCUT2D eigenvalue weighted by Crippen LogP contribution is -2.23. The van der Waals surface area contributed by atoms with Crippen LogP contribution in [0.4, 0.5) is 10.1 Å². The van der Waals surface area contributed by atoms with Gasteiger partial charge >= 0.3 is 5.97 Å². The quantitative estimate of drug-likeness (QED) is 0.509. The lowest BCUT2D eigenvalue weighted by Gasteiger charge is -2.13. The van der Waals surface area contributed by atoms with E-state index in [0.717, 1.165) is 11.8 Å². The molecule has 0 unspecified atom stereocenters. The fourth-order valence-corrected chi connectivity index (χ4v) is 3.03. The first-order valence-electron chi connectivity index (χ1n) is 9.36. The Kier molecular flexibility index (Phi) is 6.07. The van der Waals surface area contributed by atoms with Gasteiger partial charge in [0.2, 0.25) is 0 Å². The number of anilines is 1. The third-order valence-corrected chi connectivity index (χ3v) is 4.47. The zero-order valence-electron chi connectivity index (χ0n) is 16.5. The van der Waals surface area contributed by atoms with Gasteiger partial charge in [-0.15, -0.1) is 0 Å². The van der Waals surface area contributed by atoms with E-state index in [1.165, 1.54) is 22.8 Å². The Morgan fingerprint density at radius 1 is 1.24 bits per heavy atom. The van der Waals surface area contributed by atoms with Crippen molar-refractivity contribution in [2.75, 3.05) is 19.0 Å². The molecule has 0 radical (unpaired) electrons. The Morgan fingerprint density at radius 3 is 2.59 bits per heavy atom. The Labute approximate surface area is 167 Å². The number of carbonyl (C=O) groups is 1. The monoisotopic (exact) mass is 395 g/mol. The first-order valence-corrected chi connectivity index (χ1v) is 9.36. The highest BCUT2D eigenvalue weighted by Gasteiger charge is 2.14. The fraction of sp³-hybridized carbons (Fsp3) is 0.227. The average Bonchev–Trinajstić information content (AvgIpc) is 2.72. The molecule has 0 aliphatic heterocycles. The fourth-order valence-electron chi connectivity index (χ4n) is 3.03. The number of hydrogen-bond acceptors (Lipinski definition) is 5. The molecule has 1 heterocycles. The minimum atomic E-state index is -0.575. The van der Waals surface area contributed by atoms with Crippen LogP contribution in [0.5, 0.6) is 0 Å². The highest BCUT2D eigenvalue weighted by Crippen LogP contribution is 2.20. The second kappa shape index (κ2) is 8.68. The summed E-state index contributed by atoms with van der Waals surface area (Å²) < 4.78 is 20.8. The lowest BCUT2D eigenvalue weighted by atomic mass is 10.1. The topological polar surface area (TPSA) is 73.2 Å². The number of esters is 1. The SMILES string of the molecule is CCOC(=O)/C=C/c1cc2c(=O)n(-c3ccc(NC)cc3)c(CC)nc2cc1F. The predicted octanol–water partition coefficient (Wildman–Crippen LogP) is 3.71. The number of rotatable bonds is 6. The molecule has 0 aliphatic carbocycles. The van der Waals surface area contributed by atoms with E-state index >= 15 is 0 Å². The number of nitrogens with one attached hydrogen (secondary N) is 1. The summed E-state index contributed by atoms with van der Waals surface area (Å²) >= 11 is 0. The summed E-state index contributed by atoms with van der Waals surface area (Å²) in [6.45, 7) is 3.80. The van der Waals surface area contributed by atoms with Crippen molar-refractivity contribution in [3.8, 4) is 5.69 Å². The molecule has 0 spiro atoms. The van der Waals surface area contributed by atoms with Gasteiger partial charge < -0.3 is 10.1 Å². The third kappa shape index (κ3) is 4.18. The Hall–Kier alpha value is -3.48. The average molecular weight is 395 g/mol. The van der Waals surface area contributed by atoms with Crippen LogP contribution in [-0.4, -0.2) is 29.2 Å². The van der Waals surface area contributed by atoms with Crippen LogP contribution in [0.2, 0.25) is 0 Å². The summed E-state index contributed by atoms with van der Waals surface area (Å²) in [6.07, 6.45) is 2.94. The maximum absolute atomic E-state index is 14.5. The van der Waals surface area contributed by atoms with Crippen LogP contribution in [0.1, 0.15) is 25.2 Å². The molecule has 0 bridgehead atoms. The maximum atomic E-state index is 14.5. The number of fused-ring (bicyclic) bond motifs is 1. The highest BCUT2D eigenvalue weighted by molar-refractivity contribution is 5.88. The van der Waals surface area contributed by atoms with Gasteiger partial charge in [-0.05, 0) is 43.3 Å². The van der Waals surface area contributed by atoms with Crippen molar-refractivity contribution in [2.45, 2.75) is 20.3 Å². The molecule has 6 nitrogen and oxygen atoms in total. The van der Waals surface area contributed by atoms with E-state index < -0.39 is 11.8 Å². The molecule has 3 aromatic rings. The number of halogens is 1. The predicted molar refractivity (Wildman–Crippen MR) is 112 cm³/mol. The molecule has 29 heavy (non-hydrogen) atoms. The van der Waals surface area contributed by atoms with Crippen molar-refractivity contribution in [2.24, 2.45) is 0 Å². The van der Waals surface area contributed by atoms with Crippen LogP contribution in [0.25, 0.3) is 22.7 Å². The zero-order chi connectivity index (χ0) is 21.0. The van der Waals surface area contributed by atoms with E-state index in [2.05, 4.69) is 10.3 Å². The van der Waals surface area contributed by atoms with Gasteiger partial charge in [-0.3, -0.25) is 9.36 Å². The number of aromatic nitrogens is 2. The van der Waals surface area contributed by atoms with Gasteiger partial charge in [0.25, 0.3) is 5.56 Å². The van der Waals surface area contributed by atoms with Crippen LogP contribution in [0, 0.1) is 5.82 Å². The molecule has 2 aromatic carbocycles. The third-order valence-electron chi connectivity index (χ3n) is 4.47. The smallest absolute Gasteiger partial charge is 0.330 e. The van der Waals surface area contributed by atoms with Gasteiger partial charge in [0.05, 0.1) is 23.2 Å². The van der Waals surface area contributed by atoms with Gasteiger partial charge in [0.1, 0.15) is 11.6 Å². The molecule has 1 N–H and O–H groups in total. The summed E-state index contributed by atoms with van der Waals surface area (Å²) in [5.74, 6) is -0.606. The summed E-state index contributed by atoms with van der Waals surface area (Å²) in [7, 11) is 1.82. The van der Waals surface area contributed by atoms with E-state index in [1.54, 1.807) is 6.92 Å². The lowest BCUT2D eigenvalue weighted by molar-refractivity contribution is -0.137. The van der Waals surface area contributed by atoms with E-state index in [4.69, 9.17) is 4.74 Å². The molecule has 1 aromatic heterocycles. The van der Waals surface area contributed by atoms with Crippen molar-refractivity contribution in [1.29, 1.82) is 0 Å². The zero-order valence-corrected chi connectivity index (χ0v) is 16.5. The Bertz CT molecular complexity index is 1130. The van der Waals surface area contributed by atoms with E-state index in [-0.39, 0.29) is 28.6 Å². The largest absolute Gasteiger partial charge is 0.463 e. The second-order valence-electron chi connectivity index (χ2n) is 6.30. The number of carbonyl (C=O) groups excluding carboxylic acids is 1. The Morgan fingerprint density at radius 2 is 1.97 bits per heavy atom. The number of benzene rings is 2. The van der Waals surface area contributed by atoms with Gasteiger partial charge in [-0.1, -0.05) is 6.92 Å². The normalized spacial score (nSPS) is 11.2. The van der Waals surface area contributed by atoms with Crippen molar-refractivity contribution < 1.29 is 13.9 Å². The molecule has 0 saturated heterocycles. The Balaban J connectivity index is 2.17. The molecule has 7 heteroatoms. The van der Waals surface area contributed by atoms with Crippen LogP contribution in [0.3, 0.4) is 0 Å². The minimum absolute atomic E-state index is 0.116. The van der Waals surface area contributed by atoms with Crippen LogP contribution < -0.4 is 10.9 Å². The maximum Gasteiger partial charge on any atom is 0.330 e. The second-order valence-corrected chi connectivity index (χ2v) is 6.30. The van der Waals surface area contributed by atoms with Crippen LogP contribution in [0.15, 0.2) is 47.3 Å². The number of nitrogens with zero attached hydrogens (tertiary/aromatic N) is 2. The highest BCUT2D eigenvalue weighted by atomic mass is 19.1. The molecule has 0 saturated carbocycles. The molecule has 0 fully saturated rings. The minimum Gasteiger partial charge on any atom is -0.463 e. The summed E-state index contributed by atoms with van der Waals surface area (Å²) in [4.78, 5) is 29.2. The first-order chi connectivity index (χ1) is 14.0. The van der Waals surface area contributed by atoms with E-state index in [0.29, 0.717) is 17.9 Å². The molecule has 0 aliphatic rings. The molecule has 3 rings (SSSR count). The standard InChI is InChI=1S/C22H22FN3O3/c1-4-20-25-19-13-18(23)14(6-11-21(27)29-5-2)12-17(19)22(28)26(20)16-9-7-15(24-3)8-10-16/h6-13,24H,4-5H2,1-3H3/b11-6+. The van der Waals surface area contributed by atoms with Gasteiger partial charge in [-0.2, -0.15) is 0 Å².